The Kier molecular flexibility index (Phi) is 6.64. The molecule has 0 aliphatic heterocycles. The molecule has 0 spiro atoms. The first-order valence-corrected chi connectivity index (χ1v) is 10.0. The van der Waals surface area contributed by atoms with Crippen molar-refractivity contribution in [3.05, 3.63) is 28.2 Å². The van der Waals surface area contributed by atoms with Gasteiger partial charge in [-0.25, -0.2) is 0 Å². The van der Waals surface area contributed by atoms with Crippen LogP contribution in [0.4, 0.5) is 0 Å². The third-order valence-electron chi connectivity index (χ3n) is 1.68. The van der Waals surface area contributed by atoms with E-state index in [0.717, 1.165) is 5.75 Å². The van der Waals surface area contributed by atoms with E-state index in [1.165, 1.54) is 11.4 Å². The summed E-state index contributed by atoms with van der Waals surface area (Å²) in [5, 5.41) is 1.01. The Hall–Kier alpha value is 0.560. The van der Waals surface area contributed by atoms with E-state index < -0.39 is 5.69 Å². The van der Waals surface area contributed by atoms with Crippen LogP contribution in [-0.4, -0.2) is 12.4 Å². The molecule has 1 aromatic rings. The summed E-state index contributed by atoms with van der Waals surface area (Å²) in [6, 6.07) is 5.05. The molecule has 0 saturated carbocycles. The second-order valence-corrected chi connectivity index (χ2v) is 10.3. The lowest BCUT2D eigenvalue weighted by atomic mass is 10.3. The Bertz CT molecular complexity index is 419. The summed E-state index contributed by atoms with van der Waals surface area (Å²) in [4.78, 5) is 0. The summed E-state index contributed by atoms with van der Waals surface area (Å²) >= 11 is 18.8. The molecule has 0 bridgehead atoms. The Morgan fingerprint density at radius 3 is 2.59 bits per heavy atom. The maximum Gasteiger partial charge on any atom is 0.297 e. The zero-order chi connectivity index (χ0) is 12.9. The third-order valence-corrected chi connectivity index (χ3v) is 7.53. The standard InChI is InChI=1S/C10H13Cl2O2PS2/c1-3-13-15(16,17-4-2)14-10-6-5-8(11)7-9(10)12/h5-7H,3-4H2,1-2H3. The van der Waals surface area contributed by atoms with E-state index >= 15 is 0 Å². The van der Waals surface area contributed by atoms with Gasteiger partial charge in [0.05, 0.1) is 11.6 Å². The Balaban J connectivity index is 2.89. The number of rotatable bonds is 6. The summed E-state index contributed by atoms with van der Waals surface area (Å²) in [5.41, 5.74) is -2.36. The fourth-order valence-corrected chi connectivity index (χ4v) is 6.18. The molecule has 17 heavy (non-hydrogen) atoms. The molecule has 96 valence electrons. The predicted molar refractivity (Wildman–Crippen MR) is 81.1 cm³/mol. The minimum absolute atomic E-state index is 0.447. The van der Waals surface area contributed by atoms with E-state index in [4.69, 9.17) is 44.1 Å². The van der Waals surface area contributed by atoms with Crippen molar-refractivity contribution < 1.29 is 9.05 Å². The largest absolute Gasteiger partial charge is 0.435 e. The fourth-order valence-electron chi connectivity index (χ4n) is 1.08. The van der Waals surface area contributed by atoms with Crippen molar-refractivity contribution in [2.75, 3.05) is 12.4 Å². The van der Waals surface area contributed by atoms with Gasteiger partial charge in [-0.3, -0.25) is 0 Å². The highest BCUT2D eigenvalue weighted by Gasteiger charge is 2.21. The van der Waals surface area contributed by atoms with Gasteiger partial charge >= 0.3 is 0 Å². The first-order valence-electron chi connectivity index (χ1n) is 5.04. The van der Waals surface area contributed by atoms with Gasteiger partial charge in [-0.05, 0) is 36.9 Å². The molecule has 1 aromatic carbocycles. The Morgan fingerprint density at radius 2 is 2.06 bits per heavy atom. The van der Waals surface area contributed by atoms with Crippen LogP contribution in [0.25, 0.3) is 0 Å². The van der Waals surface area contributed by atoms with Crippen LogP contribution in [0.2, 0.25) is 10.0 Å². The molecule has 1 atom stereocenters. The monoisotopic (exact) mass is 330 g/mol. The molecule has 0 amide bonds. The molecule has 1 unspecified atom stereocenters. The summed E-state index contributed by atoms with van der Waals surface area (Å²) < 4.78 is 11.3. The second-order valence-electron chi connectivity index (χ2n) is 2.95. The van der Waals surface area contributed by atoms with Crippen molar-refractivity contribution in [3.63, 3.8) is 0 Å². The highest BCUT2D eigenvalue weighted by atomic mass is 35.5. The van der Waals surface area contributed by atoms with Gasteiger partial charge in [0.15, 0.2) is 0 Å². The van der Waals surface area contributed by atoms with Crippen molar-refractivity contribution >= 4 is 52.1 Å². The average Bonchev–Trinajstić information content (AvgIpc) is 2.23. The van der Waals surface area contributed by atoms with Crippen LogP contribution in [-0.2, 0) is 16.3 Å². The molecule has 0 radical (unpaired) electrons. The third kappa shape index (κ3) is 4.98. The molecule has 0 heterocycles. The molecule has 0 aromatic heterocycles. The highest BCUT2D eigenvalue weighted by molar-refractivity contribution is 8.68. The van der Waals surface area contributed by atoms with Crippen molar-refractivity contribution in [3.8, 4) is 5.75 Å². The van der Waals surface area contributed by atoms with E-state index in [0.29, 0.717) is 22.4 Å². The van der Waals surface area contributed by atoms with Crippen LogP contribution in [0, 0.1) is 0 Å². The van der Waals surface area contributed by atoms with Gasteiger partial charge in [0.25, 0.3) is 5.69 Å². The van der Waals surface area contributed by atoms with Crippen LogP contribution >= 0.6 is 40.3 Å². The minimum atomic E-state index is -2.36. The molecule has 0 saturated heterocycles. The number of benzene rings is 1. The van der Waals surface area contributed by atoms with Crippen molar-refractivity contribution in [1.29, 1.82) is 0 Å². The lowest BCUT2D eigenvalue weighted by molar-refractivity contribution is 0.344. The summed E-state index contributed by atoms with van der Waals surface area (Å²) in [6.07, 6.45) is 0. The topological polar surface area (TPSA) is 18.5 Å². The van der Waals surface area contributed by atoms with E-state index in [-0.39, 0.29) is 0 Å². The molecule has 2 nitrogen and oxygen atoms in total. The molecule has 0 aliphatic carbocycles. The van der Waals surface area contributed by atoms with Crippen molar-refractivity contribution in [2.45, 2.75) is 13.8 Å². The molecule has 0 aliphatic rings. The van der Waals surface area contributed by atoms with Gasteiger partial charge in [-0.15, -0.1) is 0 Å². The zero-order valence-corrected chi connectivity index (χ0v) is 13.5. The first-order chi connectivity index (χ1) is 8.00. The fraction of sp³-hybridized carbons (Fsp3) is 0.400. The van der Waals surface area contributed by atoms with Gasteiger partial charge in [-0.2, -0.15) is 0 Å². The molecule has 0 N–H and O–H groups in total. The van der Waals surface area contributed by atoms with Crippen LogP contribution in [0.3, 0.4) is 0 Å². The zero-order valence-electron chi connectivity index (χ0n) is 9.48. The van der Waals surface area contributed by atoms with Gasteiger partial charge in [0, 0.05) is 10.8 Å². The summed E-state index contributed by atoms with van der Waals surface area (Å²) in [6.45, 7) is 4.43. The highest BCUT2D eigenvalue weighted by Crippen LogP contribution is 2.60. The molecular formula is C10H13Cl2O2PS2. The van der Waals surface area contributed by atoms with E-state index in [1.54, 1.807) is 18.2 Å². The number of halogens is 2. The lowest BCUT2D eigenvalue weighted by Gasteiger charge is -2.21. The maximum atomic E-state index is 6.03. The second kappa shape index (κ2) is 7.22. The van der Waals surface area contributed by atoms with Gasteiger partial charge in [0.1, 0.15) is 5.75 Å². The van der Waals surface area contributed by atoms with Crippen LogP contribution in [0.5, 0.6) is 5.75 Å². The van der Waals surface area contributed by atoms with Crippen LogP contribution in [0.15, 0.2) is 18.2 Å². The smallest absolute Gasteiger partial charge is 0.297 e. The Labute approximate surface area is 121 Å². The van der Waals surface area contributed by atoms with E-state index in [1.807, 2.05) is 13.8 Å². The molecule has 7 heteroatoms. The average molecular weight is 331 g/mol. The maximum absolute atomic E-state index is 6.03. The summed E-state index contributed by atoms with van der Waals surface area (Å²) in [5.74, 6) is 1.36. The van der Waals surface area contributed by atoms with Gasteiger partial charge in [-0.1, -0.05) is 41.5 Å². The SMILES string of the molecule is CCOP(=S)(Oc1ccc(Cl)cc1Cl)SCC. The predicted octanol–water partition coefficient (Wildman–Crippen LogP) is 5.39. The summed E-state index contributed by atoms with van der Waals surface area (Å²) in [7, 11) is 0. The van der Waals surface area contributed by atoms with Crippen LogP contribution < -0.4 is 4.52 Å². The van der Waals surface area contributed by atoms with E-state index in [2.05, 4.69) is 0 Å². The lowest BCUT2D eigenvalue weighted by Crippen LogP contribution is -1.95. The van der Waals surface area contributed by atoms with E-state index in [9.17, 15) is 0 Å². The van der Waals surface area contributed by atoms with Crippen molar-refractivity contribution in [2.24, 2.45) is 0 Å². The molecule has 0 fully saturated rings. The van der Waals surface area contributed by atoms with Crippen molar-refractivity contribution in [1.82, 2.24) is 0 Å². The molecule has 1 rings (SSSR count). The number of hydrogen-bond acceptors (Lipinski definition) is 4. The Morgan fingerprint density at radius 1 is 1.35 bits per heavy atom. The molecular weight excluding hydrogens is 318 g/mol. The number of hydrogen-bond donors (Lipinski definition) is 0. The van der Waals surface area contributed by atoms with Gasteiger partial charge in [0.2, 0.25) is 0 Å². The first kappa shape index (κ1) is 15.6. The quantitative estimate of drug-likeness (QED) is 0.651. The van der Waals surface area contributed by atoms with Crippen LogP contribution in [0.1, 0.15) is 13.8 Å². The minimum Gasteiger partial charge on any atom is -0.435 e. The normalized spacial score (nSPS) is 14.4. The van der Waals surface area contributed by atoms with Gasteiger partial charge < -0.3 is 9.05 Å².